The predicted molar refractivity (Wildman–Crippen MR) is 75.0 cm³/mol. The molecule has 1 rings (SSSR count). The zero-order valence-corrected chi connectivity index (χ0v) is 11.8. The van der Waals surface area contributed by atoms with Crippen molar-refractivity contribution in [1.29, 1.82) is 0 Å². The van der Waals surface area contributed by atoms with Gasteiger partial charge in [-0.1, -0.05) is 32.4 Å². The minimum atomic E-state index is -0.715. The molecule has 2 unspecified atom stereocenters. The number of nitrogens with one attached hydrogen (secondary N) is 1. The van der Waals surface area contributed by atoms with E-state index in [-0.39, 0.29) is 18.4 Å². The molecule has 1 aromatic carbocycles. The molecule has 0 radical (unpaired) electrons. The molecule has 106 valence electrons. The minimum Gasteiger partial charge on any atom is -0.497 e. The number of methoxy groups -OCH3 is 1. The third-order valence-electron chi connectivity index (χ3n) is 3.12. The van der Waals surface area contributed by atoms with Crippen molar-refractivity contribution in [2.24, 2.45) is 5.92 Å². The van der Waals surface area contributed by atoms with Gasteiger partial charge in [0.2, 0.25) is 5.91 Å². The van der Waals surface area contributed by atoms with Gasteiger partial charge in [0.15, 0.2) is 0 Å². The molecule has 0 aliphatic heterocycles. The van der Waals surface area contributed by atoms with E-state index >= 15 is 0 Å². The maximum absolute atomic E-state index is 11.7. The van der Waals surface area contributed by atoms with Crippen LogP contribution in [0.15, 0.2) is 24.3 Å². The number of hydrogen-bond donors (Lipinski definition) is 2. The Morgan fingerprint density at radius 1 is 1.47 bits per heavy atom. The number of benzene rings is 1. The van der Waals surface area contributed by atoms with Crippen LogP contribution in [0.25, 0.3) is 0 Å². The van der Waals surface area contributed by atoms with Crippen molar-refractivity contribution in [3.63, 3.8) is 0 Å². The molecule has 19 heavy (non-hydrogen) atoms. The van der Waals surface area contributed by atoms with Crippen LogP contribution in [0, 0.1) is 5.92 Å². The van der Waals surface area contributed by atoms with Crippen LogP contribution in [-0.4, -0.2) is 24.7 Å². The number of amides is 1. The van der Waals surface area contributed by atoms with Crippen molar-refractivity contribution in [1.82, 2.24) is 5.32 Å². The second kappa shape index (κ2) is 7.79. The molecule has 4 heteroatoms. The highest BCUT2D eigenvalue weighted by Crippen LogP contribution is 2.18. The first kappa shape index (κ1) is 15.5. The van der Waals surface area contributed by atoms with E-state index in [9.17, 15) is 9.90 Å². The molecule has 0 spiro atoms. The van der Waals surface area contributed by atoms with E-state index in [1.54, 1.807) is 13.2 Å². The smallest absolute Gasteiger partial charge is 0.222 e. The largest absolute Gasteiger partial charge is 0.497 e. The molecule has 1 aromatic rings. The van der Waals surface area contributed by atoms with Crippen LogP contribution < -0.4 is 10.1 Å². The van der Waals surface area contributed by atoms with Gasteiger partial charge in [0.05, 0.1) is 13.2 Å². The van der Waals surface area contributed by atoms with Gasteiger partial charge in [0.1, 0.15) is 5.75 Å². The fraction of sp³-hybridized carbons (Fsp3) is 0.533. The molecule has 0 aliphatic carbocycles. The molecular weight excluding hydrogens is 242 g/mol. The zero-order valence-electron chi connectivity index (χ0n) is 11.8. The lowest BCUT2D eigenvalue weighted by atomic mass is 10.0. The van der Waals surface area contributed by atoms with Crippen molar-refractivity contribution >= 4 is 5.91 Å². The molecule has 0 aromatic heterocycles. The van der Waals surface area contributed by atoms with Gasteiger partial charge in [-0.15, -0.1) is 0 Å². The molecule has 4 nitrogen and oxygen atoms in total. The van der Waals surface area contributed by atoms with Crippen LogP contribution in [0.1, 0.15) is 38.4 Å². The molecule has 2 atom stereocenters. The first-order valence-electron chi connectivity index (χ1n) is 6.68. The average molecular weight is 265 g/mol. The summed E-state index contributed by atoms with van der Waals surface area (Å²) in [5.74, 6) is 0.675. The van der Waals surface area contributed by atoms with Gasteiger partial charge in [0, 0.05) is 12.5 Å². The third kappa shape index (κ3) is 4.91. The van der Waals surface area contributed by atoms with Crippen LogP contribution >= 0.6 is 0 Å². The second-order valence-electron chi connectivity index (χ2n) is 4.73. The molecule has 1 amide bonds. The summed E-state index contributed by atoms with van der Waals surface area (Å²) in [6.07, 6.45) is 1.13. The van der Waals surface area contributed by atoms with Gasteiger partial charge in [-0.05, 0) is 24.1 Å². The Bertz CT molecular complexity index is 406. The lowest BCUT2D eigenvalue weighted by Gasteiger charge is -2.15. The van der Waals surface area contributed by atoms with Gasteiger partial charge in [0.25, 0.3) is 0 Å². The average Bonchev–Trinajstić information content (AvgIpc) is 2.44. The first-order valence-corrected chi connectivity index (χ1v) is 6.68. The number of aliphatic hydroxyl groups is 1. The number of aliphatic hydroxyl groups excluding tert-OH is 1. The van der Waals surface area contributed by atoms with Gasteiger partial charge < -0.3 is 15.2 Å². The van der Waals surface area contributed by atoms with Crippen LogP contribution in [0.5, 0.6) is 5.75 Å². The normalized spacial score (nSPS) is 13.7. The molecule has 2 N–H and O–H groups in total. The van der Waals surface area contributed by atoms with Crippen LogP contribution in [0.3, 0.4) is 0 Å². The summed E-state index contributed by atoms with van der Waals surface area (Å²) in [4.78, 5) is 11.7. The highest BCUT2D eigenvalue weighted by Gasteiger charge is 2.14. The van der Waals surface area contributed by atoms with Crippen molar-refractivity contribution in [3.05, 3.63) is 29.8 Å². The van der Waals surface area contributed by atoms with E-state index in [0.717, 1.165) is 18.4 Å². The topological polar surface area (TPSA) is 58.6 Å². The Labute approximate surface area is 114 Å². The summed E-state index contributed by atoms with van der Waals surface area (Å²) < 4.78 is 5.10. The lowest BCUT2D eigenvalue weighted by molar-refractivity contribution is -0.125. The Balaban J connectivity index is 2.50. The maximum atomic E-state index is 11.7. The van der Waals surface area contributed by atoms with Crippen molar-refractivity contribution in [2.75, 3.05) is 13.7 Å². The molecule has 0 saturated heterocycles. The van der Waals surface area contributed by atoms with Crippen LogP contribution in [-0.2, 0) is 4.79 Å². The Hall–Kier alpha value is -1.55. The number of rotatable bonds is 7. The zero-order chi connectivity index (χ0) is 14.3. The lowest BCUT2D eigenvalue weighted by Crippen LogP contribution is -2.32. The monoisotopic (exact) mass is 265 g/mol. The molecule has 0 bridgehead atoms. The minimum absolute atomic E-state index is 0.0104. The SMILES string of the molecule is CCCC(C)C(=O)NCC(O)c1cccc(OC)c1. The van der Waals surface area contributed by atoms with E-state index in [1.165, 1.54) is 0 Å². The predicted octanol–water partition coefficient (Wildman–Crippen LogP) is 2.28. The van der Waals surface area contributed by atoms with E-state index in [0.29, 0.717) is 5.75 Å². The summed E-state index contributed by atoms with van der Waals surface area (Å²) in [5, 5.41) is 12.8. The van der Waals surface area contributed by atoms with E-state index in [1.807, 2.05) is 25.1 Å². The second-order valence-corrected chi connectivity index (χ2v) is 4.73. The van der Waals surface area contributed by atoms with Gasteiger partial charge >= 0.3 is 0 Å². The highest BCUT2D eigenvalue weighted by atomic mass is 16.5. The molecule has 0 fully saturated rings. The maximum Gasteiger partial charge on any atom is 0.222 e. The van der Waals surface area contributed by atoms with Crippen molar-refractivity contribution in [2.45, 2.75) is 32.8 Å². The molecule has 0 aliphatic rings. The van der Waals surface area contributed by atoms with Crippen molar-refractivity contribution < 1.29 is 14.6 Å². The fourth-order valence-electron chi connectivity index (χ4n) is 1.90. The molecule has 0 saturated carbocycles. The molecular formula is C15H23NO3. The third-order valence-corrected chi connectivity index (χ3v) is 3.12. The number of ether oxygens (including phenoxy) is 1. The molecule has 0 heterocycles. The van der Waals surface area contributed by atoms with Crippen LogP contribution in [0.2, 0.25) is 0 Å². The van der Waals surface area contributed by atoms with E-state index in [4.69, 9.17) is 4.74 Å². The number of hydrogen-bond acceptors (Lipinski definition) is 3. The van der Waals surface area contributed by atoms with Gasteiger partial charge in [-0.2, -0.15) is 0 Å². The van der Waals surface area contributed by atoms with Gasteiger partial charge in [-0.25, -0.2) is 0 Å². The van der Waals surface area contributed by atoms with Crippen LogP contribution in [0.4, 0.5) is 0 Å². The Morgan fingerprint density at radius 2 is 2.21 bits per heavy atom. The Morgan fingerprint density at radius 3 is 2.84 bits per heavy atom. The standard InChI is InChI=1S/C15H23NO3/c1-4-6-11(2)15(18)16-10-14(17)12-7-5-8-13(9-12)19-3/h5,7-9,11,14,17H,4,6,10H2,1-3H3,(H,16,18). The number of carbonyl (C=O) groups excluding carboxylic acids is 1. The summed E-state index contributed by atoms with van der Waals surface area (Å²) >= 11 is 0. The summed E-state index contributed by atoms with van der Waals surface area (Å²) in [5.41, 5.74) is 0.739. The highest BCUT2D eigenvalue weighted by molar-refractivity contribution is 5.78. The fourth-order valence-corrected chi connectivity index (χ4v) is 1.90. The Kier molecular flexibility index (Phi) is 6.36. The first-order chi connectivity index (χ1) is 9.08. The number of carbonyl (C=O) groups is 1. The van der Waals surface area contributed by atoms with Gasteiger partial charge in [-0.3, -0.25) is 4.79 Å². The quantitative estimate of drug-likeness (QED) is 0.795. The summed E-state index contributed by atoms with van der Waals surface area (Å²) in [7, 11) is 1.58. The van der Waals surface area contributed by atoms with E-state index < -0.39 is 6.10 Å². The summed E-state index contributed by atoms with van der Waals surface area (Å²) in [6, 6.07) is 7.22. The summed E-state index contributed by atoms with van der Waals surface area (Å²) in [6.45, 7) is 4.17. The van der Waals surface area contributed by atoms with E-state index in [2.05, 4.69) is 12.2 Å². The van der Waals surface area contributed by atoms with Crippen molar-refractivity contribution in [3.8, 4) is 5.75 Å².